The van der Waals surface area contributed by atoms with E-state index in [-0.39, 0.29) is 5.91 Å². The number of hydrogen-bond donors (Lipinski definition) is 3. The lowest BCUT2D eigenvalue weighted by Crippen LogP contribution is -2.18. The first kappa shape index (κ1) is 14.3. The molecule has 0 bridgehead atoms. The molecule has 0 aliphatic heterocycles. The number of carbonyl (C=O) groups is 1. The van der Waals surface area contributed by atoms with Gasteiger partial charge in [0.25, 0.3) is 5.91 Å². The Morgan fingerprint density at radius 1 is 1.25 bits per heavy atom. The summed E-state index contributed by atoms with van der Waals surface area (Å²) in [6.07, 6.45) is 0. The largest absolute Gasteiger partial charge is 0.323 e. The van der Waals surface area contributed by atoms with E-state index in [0.29, 0.717) is 22.1 Å². The molecule has 0 radical (unpaired) electrons. The molecule has 6 heteroatoms. The fourth-order valence-electron chi connectivity index (χ4n) is 1.92. The number of nitrogens with zero attached hydrogens (tertiary/aromatic N) is 1. The van der Waals surface area contributed by atoms with Crippen LogP contribution in [-0.2, 0) is 0 Å². The van der Waals surface area contributed by atoms with Gasteiger partial charge in [-0.15, -0.1) is 0 Å². The van der Waals surface area contributed by atoms with Crippen LogP contribution in [0.1, 0.15) is 21.6 Å². The Labute approximate surface area is 122 Å². The van der Waals surface area contributed by atoms with Crippen molar-refractivity contribution in [2.45, 2.75) is 13.8 Å². The van der Waals surface area contributed by atoms with Crippen molar-refractivity contribution in [3.8, 4) is 0 Å². The summed E-state index contributed by atoms with van der Waals surface area (Å²) in [6, 6.07) is 8.58. The van der Waals surface area contributed by atoms with Crippen molar-refractivity contribution in [2.24, 2.45) is 5.84 Å². The monoisotopic (exact) mass is 290 g/mol. The Balaban J connectivity index is 2.30. The van der Waals surface area contributed by atoms with Gasteiger partial charge in [-0.05, 0) is 49.7 Å². The van der Waals surface area contributed by atoms with Gasteiger partial charge in [-0.1, -0.05) is 11.6 Å². The molecule has 0 saturated carbocycles. The second kappa shape index (κ2) is 5.90. The van der Waals surface area contributed by atoms with Gasteiger partial charge in [-0.3, -0.25) is 10.6 Å². The molecule has 2 aromatic rings. The number of amides is 1. The third kappa shape index (κ3) is 3.26. The Morgan fingerprint density at radius 3 is 2.65 bits per heavy atom. The summed E-state index contributed by atoms with van der Waals surface area (Å²) < 4.78 is 0. The summed E-state index contributed by atoms with van der Waals surface area (Å²) in [7, 11) is 0. The van der Waals surface area contributed by atoms with Crippen LogP contribution in [0.25, 0.3) is 0 Å². The zero-order valence-corrected chi connectivity index (χ0v) is 12.0. The maximum Gasteiger partial charge on any atom is 0.259 e. The third-order valence-corrected chi connectivity index (χ3v) is 2.96. The maximum absolute atomic E-state index is 12.3. The first-order valence-corrected chi connectivity index (χ1v) is 6.40. The molecule has 20 heavy (non-hydrogen) atoms. The van der Waals surface area contributed by atoms with E-state index in [0.717, 1.165) is 11.3 Å². The van der Waals surface area contributed by atoms with E-state index in [4.69, 9.17) is 17.4 Å². The molecule has 0 spiro atoms. The lowest BCUT2D eigenvalue weighted by molar-refractivity contribution is 0.102. The van der Waals surface area contributed by atoms with Gasteiger partial charge in [0.15, 0.2) is 0 Å². The third-order valence-electron chi connectivity index (χ3n) is 2.72. The van der Waals surface area contributed by atoms with E-state index in [1.165, 1.54) is 0 Å². The van der Waals surface area contributed by atoms with Crippen LogP contribution in [0.3, 0.4) is 0 Å². The number of benzene rings is 1. The van der Waals surface area contributed by atoms with Crippen LogP contribution in [0.5, 0.6) is 0 Å². The van der Waals surface area contributed by atoms with E-state index in [9.17, 15) is 4.79 Å². The Bertz CT molecular complexity index is 637. The number of nitrogens with two attached hydrogens (primary N) is 1. The van der Waals surface area contributed by atoms with Crippen molar-refractivity contribution in [3.63, 3.8) is 0 Å². The highest BCUT2D eigenvalue weighted by Crippen LogP contribution is 2.21. The van der Waals surface area contributed by atoms with Gasteiger partial charge in [-0.2, -0.15) is 0 Å². The second-order valence-corrected chi connectivity index (χ2v) is 4.90. The molecule has 1 amide bonds. The predicted octanol–water partition coefficient (Wildman–Crippen LogP) is 2.89. The van der Waals surface area contributed by atoms with Crippen molar-refractivity contribution in [1.82, 2.24) is 4.98 Å². The minimum absolute atomic E-state index is 0.321. The van der Waals surface area contributed by atoms with Crippen LogP contribution in [0.4, 0.5) is 11.5 Å². The average Bonchev–Trinajstić information content (AvgIpc) is 2.37. The normalized spacial score (nSPS) is 10.2. The van der Waals surface area contributed by atoms with Crippen LogP contribution >= 0.6 is 11.6 Å². The van der Waals surface area contributed by atoms with Crippen molar-refractivity contribution >= 4 is 29.0 Å². The average molecular weight is 291 g/mol. The summed E-state index contributed by atoms with van der Waals surface area (Å²) in [5, 5.41) is 3.20. The summed E-state index contributed by atoms with van der Waals surface area (Å²) in [4.78, 5) is 16.5. The lowest BCUT2D eigenvalue weighted by atomic mass is 10.1. The van der Waals surface area contributed by atoms with Gasteiger partial charge < -0.3 is 10.7 Å². The maximum atomic E-state index is 12.3. The topological polar surface area (TPSA) is 80.0 Å². The number of aryl methyl sites for hydroxylation is 2. The first-order valence-electron chi connectivity index (χ1n) is 6.02. The van der Waals surface area contributed by atoms with Gasteiger partial charge in [0.05, 0.1) is 11.3 Å². The molecule has 0 unspecified atom stereocenters. The second-order valence-electron chi connectivity index (χ2n) is 4.46. The van der Waals surface area contributed by atoms with Gasteiger partial charge in [-0.25, -0.2) is 4.98 Å². The van der Waals surface area contributed by atoms with Gasteiger partial charge in [0.2, 0.25) is 0 Å². The van der Waals surface area contributed by atoms with E-state index in [1.807, 2.05) is 19.9 Å². The summed E-state index contributed by atoms with van der Waals surface area (Å²) in [5.74, 6) is 5.57. The van der Waals surface area contributed by atoms with E-state index in [2.05, 4.69) is 15.7 Å². The molecule has 1 heterocycles. The Kier molecular flexibility index (Phi) is 4.22. The van der Waals surface area contributed by atoms with Gasteiger partial charge in [0, 0.05) is 10.7 Å². The smallest absolute Gasteiger partial charge is 0.259 e. The van der Waals surface area contributed by atoms with Crippen molar-refractivity contribution in [2.75, 3.05) is 10.7 Å². The molecular formula is C14H15ClN4O. The number of aromatic nitrogens is 1. The van der Waals surface area contributed by atoms with Gasteiger partial charge in [0.1, 0.15) is 5.82 Å². The lowest BCUT2D eigenvalue weighted by Gasteiger charge is -2.10. The van der Waals surface area contributed by atoms with Crippen molar-refractivity contribution in [1.29, 1.82) is 0 Å². The van der Waals surface area contributed by atoms with Gasteiger partial charge >= 0.3 is 0 Å². The molecular weight excluding hydrogens is 276 g/mol. The van der Waals surface area contributed by atoms with Crippen LogP contribution in [0.15, 0.2) is 30.3 Å². The summed E-state index contributed by atoms with van der Waals surface area (Å²) in [6.45, 7) is 3.81. The van der Waals surface area contributed by atoms with Crippen molar-refractivity contribution in [3.05, 3.63) is 52.2 Å². The number of nitrogen functional groups attached to an aromatic ring is 1. The minimum Gasteiger partial charge on any atom is -0.323 e. The molecule has 0 aliphatic rings. The summed E-state index contributed by atoms with van der Waals surface area (Å²) in [5.41, 5.74) is 5.19. The van der Waals surface area contributed by atoms with Crippen LogP contribution < -0.4 is 16.6 Å². The van der Waals surface area contributed by atoms with E-state index >= 15 is 0 Å². The number of rotatable bonds is 3. The van der Waals surface area contributed by atoms with Crippen LogP contribution in [0, 0.1) is 13.8 Å². The molecule has 4 N–H and O–H groups in total. The molecule has 2 rings (SSSR count). The zero-order chi connectivity index (χ0) is 14.7. The standard InChI is InChI=1S/C14H15ClN4O/c1-8-5-9(2)17-13(6-8)18-14(20)11-7-10(15)3-4-12(11)19-16/h3-7,19H,16H2,1-2H3,(H,17,18,20). The molecule has 1 aromatic heterocycles. The van der Waals surface area contributed by atoms with Crippen molar-refractivity contribution < 1.29 is 4.79 Å². The number of carbonyl (C=O) groups excluding carboxylic acids is 1. The number of hydrogen-bond acceptors (Lipinski definition) is 4. The van der Waals surface area contributed by atoms with E-state index in [1.54, 1.807) is 24.3 Å². The van der Waals surface area contributed by atoms with Crippen LogP contribution in [-0.4, -0.2) is 10.9 Å². The zero-order valence-electron chi connectivity index (χ0n) is 11.2. The highest BCUT2D eigenvalue weighted by molar-refractivity contribution is 6.31. The number of halogens is 1. The highest BCUT2D eigenvalue weighted by atomic mass is 35.5. The predicted molar refractivity (Wildman–Crippen MR) is 80.9 cm³/mol. The fourth-order valence-corrected chi connectivity index (χ4v) is 2.09. The SMILES string of the molecule is Cc1cc(C)nc(NC(=O)c2cc(Cl)ccc2NN)c1. The molecule has 5 nitrogen and oxygen atoms in total. The van der Waals surface area contributed by atoms with E-state index < -0.39 is 0 Å². The molecule has 0 aliphatic carbocycles. The highest BCUT2D eigenvalue weighted by Gasteiger charge is 2.12. The number of nitrogens with one attached hydrogen (secondary N) is 2. The molecule has 0 atom stereocenters. The number of hydrazine groups is 1. The molecule has 104 valence electrons. The fraction of sp³-hybridized carbons (Fsp3) is 0.143. The number of anilines is 2. The molecule has 0 fully saturated rings. The molecule has 1 aromatic carbocycles. The number of pyridine rings is 1. The van der Waals surface area contributed by atoms with Crippen LogP contribution in [0.2, 0.25) is 5.02 Å². The quantitative estimate of drug-likeness (QED) is 0.600. The minimum atomic E-state index is -0.321. The Morgan fingerprint density at radius 2 is 2.00 bits per heavy atom. The molecule has 0 saturated heterocycles. The Hall–Kier alpha value is -2.11. The summed E-state index contributed by atoms with van der Waals surface area (Å²) >= 11 is 5.91. The first-order chi connectivity index (χ1) is 9.49.